The second-order valence-corrected chi connectivity index (χ2v) is 4.74. The van der Waals surface area contributed by atoms with Gasteiger partial charge in [-0.05, 0) is 40.2 Å². The number of hydrogen-bond acceptors (Lipinski definition) is 3. The van der Waals surface area contributed by atoms with E-state index in [1.165, 1.54) is 12.4 Å². The summed E-state index contributed by atoms with van der Waals surface area (Å²) in [5.41, 5.74) is 1.28. The van der Waals surface area contributed by atoms with Gasteiger partial charge in [0.25, 0.3) is 0 Å². The summed E-state index contributed by atoms with van der Waals surface area (Å²) in [6.45, 7) is 0. The van der Waals surface area contributed by atoms with Crippen molar-refractivity contribution in [3.63, 3.8) is 0 Å². The zero-order valence-electron chi connectivity index (χ0n) is 9.02. The van der Waals surface area contributed by atoms with Gasteiger partial charge in [0, 0.05) is 22.6 Å². The maximum Gasteiger partial charge on any atom is 0.339 e. The third-order valence-electron chi connectivity index (χ3n) is 2.25. The molecule has 0 radical (unpaired) electrons. The minimum atomic E-state index is -1.03. The minimum absolute atomic E-state index is 0.108. The van der Waals surface area contributed by atoms with Crippen LogP contribution in [0, 0.1) is 0 Å². The molecule has 0 aliphatic heterocycles. The first-order chi connectivity index (χ1) is 8.58. The van der Waals surface area contributed by atoms with Crippen molar-refractivity contribution in [1.29, 1.82) is 0 Å². The van der Waals surface area contributed by atoms with Crippen LogP contribution >= 0.6 is 27.5 Å². The fourth-order valence-corrected chi connectivity index (χ4v) is 1.83. The summed E-state index contributed by atoms with van der Waals surface area (Å²) in [5.74, 6) is -1.03. The molecule has 0 saturated carbocycles. The molecule has 1 aromatic carbocycles. The van der Waals surface area contributed by atoms with Crippen LogP contribution in [0.15, 0.2) is 41.1 Å². The molecule has 2 rings (SSSR count). The van der Waals surface area contributed by atoms with Crippen molar-refractivity contribution in [3.8, 4) is 0 Å². The molecule has 0 spiro atoms. The molecule has 0 bridgehead atoms. The zero-order valence-corrected chi connectivity index (χ0v) is 11.4. The van der Waals surface area contributed by atoms with Gasteiger partial charge in [-0.1, -0.05) is 11.6 Å². The van der Waals surface area contributed by atoms with E-state index >= 15 is 0 Å². The number of nitrogens with zero attached hydrogens (tertiary/aromatic N) is 1. The van der Waals surface area contributed by atoms with Crippen LogP contribution in [0.4, 0.5) is 11.4 Å². The molecule has 6 heteroatoms. The van der Waals surface area contributed by atoms with E-state index in [1.807, 2.05) is 0 Å². The Labute approximate surface area is 117 Å². The monoisotopic (exact) mass is 326 g/mol. The number of carboxylic acids is 1. The van der Waals surface area contributed by atoms with Crippen molar-refractivity contribution in [2.75, 3.05) is 5.32 Å². The fourth-order valence-electron chi connectivity index (χ4n) is 1.40. The highest BCUT2D eigenvalue weighted by Crippen LogP contribution is 2.28. The molecule has 0 saturated heterocycles. The van der Waals surface area contributed by atoms with E-state index in [1.54, 1.807) is 24.3 Å². The van der Waals surface area contributed by atoms with Crippen LogP contribution in [0.3, 0.4) is 0 Å². The molecule has 2 aromatic rings. The van der Waals surface area contributed by atoms with E-state index in [-0.39, 0.29) is 5.56 Å². The summed E-state index contributed by atoms with van der Waals surface area (Å²) in [6, 6.07) is 6.88. The Morgan fingerprint density at radius 2 is 2.17 bits per heavy atom. The number of anilines is 2. The molecular weight excluding hydrogens is 320 g/mol. The van der Waals surface area contributed by atoms with Crippen LogP contribution in [0.2, 0.25) is 5.02 Å². The molecule has 0 unspecified atom stereocenters. The Kier molecular flexibility index (Phi) is 3.84. The first kappa shape index (κ1) is 12.9. The van der Waals surface area contributed by atoms with Gasteiger partial charge in [0.15, 0.2) is 0 Å². The summed E-state index contributed by atoms with van der Waals surface area (Å²) < 4.78 is 0.780. The van der Waals surface area contributed by atoms with E-state index in [0.717, 1.165) is 4.47 Å². The number of aromatic carboxylic acids is 1. The molecule has 92 valence electrons. The van der Waals surface area contributed by atoms with Crippen LogP contribution < -0.4 is 5.32 Å². The van der Waals surface area contributed by atoms with Gasteiger partial charge in [-0.2, -0.15) is 0 Å². The van der Waals surface area contributed by atoms with E-state index in [4.69, 9.17) is 16.7 Å². The van der Waals surface area contributed by atoms with Gasteiger partial charge in [-0.25, -0.2) is 4.79 Å². The van der Waals surface area contributed by atoms with Crippen molar-refractivity contribution < 1.29 is 9.90 Å². The van der Waals surface area contributed by atoms with Crippen molar-refractivity contribution in [2.24, 2.45) is 0 Å². The third kappa shape index (κ3) is 2.80. The first-order valence-electron chi connectivity index (χ1n) is 4.97. The highest BCUT2D eigenvalue weighted by Gasteiger charge is 2.10. The average Bonchev–Trinajstić information content (AvgIpc) is 2.34. The van der Waals surface area contributed by atoms with Gasteiger partial charge in [-0.15, -0.1) is 0 Å². The Morgan fingerprint density at radius 3 is 2.83 bits per heavy atom. The zero-order chi connectivity index (χ0) is 13.1. The summed E-state index contributed by atoms with van der Waals surface area (Å²) in [6.07, 6.45) is 2.82. The summed E-state index contributed by atoms with van der Waals surface area (Å²) in [5, 5.41) is 12.6. The van der Waals surface area contributed by atoms with Gasteiger partial charge in [0.1, 0.15) is 5.56 Å². The van der Waals surface area contributed by atoms with Gasteiger partial charge < -0.3 is 10.4 Å². The quantitative estimate of drug-likeness (QED) is 0.896. The van der Waals surface area contributed by atoms with E-state index < -0.39 is 5.97 Å². The van der Waals surface area contributed by atoms with Crippen molar-refractivity contribution in [1.82, 2.24) is 4.98 Å². The molecule has 1 heterocycles. The van der Waals surface area contributed by atoms with Gasteiger partial charge in [0.05, 0.1) is 10.7 Å². The number of carboxylic acid groups (broad SMARTS) is 1. The van der Waals surface area contributed by atoms with Gasteiger partial charge in [-0.3, -0.25) is 4.98 Å². The van der Waals surface area contributed by atoms with Crippen LogP contribution in [0.5, 0.6) is 0 Å². The minimum Gasteiger partial charge on any atom is -0.478 e. The van der Waals surface area contributed by atoms with Crippen molar-refractivity contribution in [3.05, 3.63) is 51.7 Å². The highest BCUT2D eigenvalue weighted by molar-refractivity contribution is 9.10. The predicted molar refractivity (Wildman–Crippen MR) is 73.6 cm³/mol. The van der Waals surface area contributed by atoms with Crippen LogP contribution in [0.25, 0.3) is 0 Å². The predicted octanol–water partition coefficient (Wildman–Crippen LogP) is 3.94. The summed E-state index contributed by atoms with van der Waals surface area (Å²) in [4.78, 5) is 14.8. The smallest absolute Gasteiger partial charge is 0.339 e. The summed E-state index contributed by atoms with van der Waals surface area (Å²) >= 11 is 9.26. The SMILES string of the molecule is O=C(O)c1cnccc1Nc1ccc(Br)c(Cl)c1. The lowest BCUT2D eigenvalue weighted by Crippen LogP contribution is -2.03. The largest absolute Gasteiger partial charge is 0.478 e. The Morgan fingerprint density at radius 1 is 1.39 bits per heavy atom. The normalized spacial score (nSPS) is 10.1. The Balaban J connectivity index is 2.34. The van der Waals surface area contributed by atoms with Crippen LogP contribution in [-0.4, -0.2) is 16.1 Å². The number of hydrogen-bond donors (Lipinski definition) is 2. The third-order valence-corrected chi connectivity index (χ3v) is 3.48. The van der Waals surface area contributed by atoms with Crippen molar-refractivity contribution in [2.45, 2.75) is 0 Å². The van der Waals surface area contributed by atoms with Crippen LogP contribution in [0.1, 0.15) is 10.4 Å². The molecule has 0 amide bonds. The van der Waals surface area contributed by atoms with Crippen LogP contribution in [-0.2, 0) is 0 Å². The topological polar surface area (TPSA) is 62.2 Å². The molecule has 0 aliphatic rings. The number of rotatable bonds is 3. The van der Waals surface area contributed by atoms with Crippen molar-refractivity contribution >= 4 is 44.9 Å². The number of benzene rings is 1. The number of aromatic nitrogens is 1. The highest BCUT2D eigenvalue weighted by atomic mass is 79.9. The van der Waals surface area contributed by atoms with E-state index in [9.17, 15) is 4.79 Å². The number of nitrogens with one attached hydrogen (secondary N) is 1. The van der Waals surface area contributed by atoms with E-state index in [2.05, 4.69) is 26.2 Å². The maximum absolute atomic E-state index is 11.0. The number of halogens is 2. The molecule has 18 heavy (non-hydrogen) atoms. The van der Waals surface area contributed by atoms with Gasteiger partial charge in [0.2, 0.25) is 0 Å². The van der Waals surface area contributed by atoms with E-state index in [0.29, 0.717) is 16.4 Å². The molecular formula is C12H8BrClN2O2. The average molecular weight is 328 g/mol. The second-order valence-electron chi connectivity index (χ2n) is 3.48. The molecule has 0 atom stereocenters. The molecule has 0 fully saturated rings. The number of carbonyl (C=O) groups is 1. The second kappa shape index (κ2) is 5.37. The molecule has 2 N–H and O–H groups in total. The van der Waals surface area contributed by atoms with Gasteiger partial charge >= 0.3 is 5.97 Å². The Bertz CT molecular complexity index is 604. The summed E-state index contributed by atoms with van der Waals surface area (Å²) in [7, 11) is 0. The fraction of sp³-hybridized carbons (Fsp3) is 0. The molecule has 0 aliphatic carbocycles. The first-order valence-corrected chi connectivity index (χ1v) is 6.14. The lowest BCUT2D eigenvalue weighted by Gasteiger charge is -2.09. The molecule has 4 nitrogen and oxygen atoms in total. The molecule has 1 aromatic heterocycles. The standard InChI is InChI=1S/C12H8BrClN2O2/c13-9-2-1-7(5-10(9)14)16-11-3-4-15-6-8(11)12(17)18/h1-6H,(H,15,16)(H,17,18). The Hall–Kier alpha value is -1.59. The lowest BCUT2D eigenvalue weighted by atomic mass is 10.2. The maximum atomic E-state index is 11.0. The number of pyridine rings is 1. The lowest BCUT2D eigenvalue weighted by molar-refractivity contribution is 0.0697.